The van der Waals surface area contributed by atoms with E-state index in [1.807, 2.05) is 0 Å². The molecule has 1 heterocycles. The van der Waals surface area contributed by atoms with E-state index in [2.05, 4.69) is 9.71 Å². The SMILES string of the molecule is CC(OC(=O)[C@H](C)N=C1NS(=O)(=O)c2ccccc21)C(=O)N(C)Cc1cccc(F)c1. The average molecular weight is 447 g/mol. The molecule has 3 rings (SSSR count). The van der Waals surface area contributed by atoms with Gasteiger partial charge in [-0.3, -0.25) is 14.5 Å². The molecule has 2 aromatic rings. The van der Waals surface area contributed by atoms with Crippen LogP contribution in [0.2, 0.25) is 0 Å². The molecule has 0 fully saturated rings. The van der Waals surface area contributed by atoms with Gasteiger partial charge in [-0.15, -0.1) is 0 Å². The number of ether oxygens (including phenoxy) is 1. The maximum absolute atomic E-state index is 13.3. The van der Waals surface area contributed by atoms with E-state index < -0.39 is 39.9 Å². The van der Waals surface area contributed by atoms with Crippen LogP contribution in [0.3, 0.4) is 0 Å². The first-order chi connectivity index (χ1) is 14.6. The van der Waals surface area contributed by atoms with E-state index in [1.165, 1.54) is 44.0 Å². The third-order valence-corrected chi connectivity index (χ3v) is 6.05. The number of carbonyl (C=O) groups is 2. The first kappa shape index (κ1) is 22.4. The molecule has 8 nitrogen and oxygen atoms in total. The first-order valence-electron chi connectivity index (χ1n) is 9.48. The summed E-state index contributed by atoms with van der Waals surface area (Å²) in [6.07, 6.45) is -1.10. The van der Waals surface area contributed by atoms with Crippen LogP contribution in [0.1, 0.15) is 25.0 Å². The van der Waals surface area contributed by atoms with Crippen LogP contribution in [0.5, 0.6) is 0 Å². The third-order valence-electron chi connectivity index (χ3n) is 4.65. The summed E-state index contributed by atoms with van der Waals surface area (Å²) in [7, 11) is -2.21. The molecule has 1 N–H and O–H groups in total. The van der Waals surface area contributed by atoms with E-state index in [4.69, 9.17) is 4.74 Å². The maximum Gasteiger partial charge on any atom is 0.331 e. The highest BCUT2D eigenvalue weighted by molar-refractivity contribution is 7.90. The zero-order valence-corrected chi connectivity index (χ0v) is 18.0. The number of hydrogen-bond acceptors (Lipinski definition) is 6. The third kappa shape index (κ3) is 5.08. The molecule has 1 amide bonds. The van der Waals surface area contributed by atoms with Crippen molar-refractivity contribution in [2.24, 2.45) is 4.99 Å². The molecule has 0 radical (unpaired) electrons. The highest BCUT2D eigenvalue weighted by Gasteiger charge is 2.32. The number of fused-ring (bicyclic) bond motifs is 1. The Balaban J connectivity index is 1.64. The highest BCUT2D eigenvalue weighted by Crippen LogP contribution is 2.22. The molecule has 1 unspecified atom stereocenters. The molecule has 1 aliphatic heterocycles. The Morgan fingerprint density at radius 3 is 2.58 bits per heavy atom. The molecule has 2 atom stereocenters. The number of hydrogen-bond donors (Lipinski definition) is 1. The van der Waals surface area contributed by atoms with Crippen molar-refractivity contribution in [3.63, 3.8) is 0 Å². The number of nitrogens with one attached hydrogen (secondary N) is 1. The normalized spacial score (nSPS) is 17.4. The van der Waals surface area contributed by atoms with Crippen LogP contribution in [0.4, 0.5) is 4.39 Å². The molecule has 0 bridgehead atoms. The van der Waals surface area contributed by atoms with Crippen LogP contribution in [0.15, 0.2) is 58.4 Å². The summed E-state index contributed by atoms with van der Waals surface area (Å²) in [5.74, 6) is -1.61. The summed E-state index contributed by atoms with van der Waals surface area (Å²) in [5, 5.41) is 0. The molecule has 2 aromatic carbocycles. The predicted octanol–water partition coefficient (Wildman–Crippen LogP) is 1.84. The highest BCUT2D eigenvalue weighted by atomic mass is 32.2. The van der Waals surface area contributed by atoms with E-state index in [9.17, 15) is 22.4 Å². The standard InChI is InChI=1S/C21H22FN3O5S/c1-13(23-19-17-9-4-5-10-18(17)31(28,29)24-19)21(27)30-14(2)20(26)25(3)12-15-7-6-8-16(22)11-15/h4-11,13-14H,12H2,1-3H3,(H,23,24)/t13-,14?/m0/s1. The van der Waals surface area contributed by atoms with Gasteiger partial charge in [0.25, 0.3) is 15.9 Å². The maximum atomic E-state index is 13.3. The van der Waals surface area contributed by atoms with Crippen LogP contribution in [-0.2, 0) is 30.9 Å². The topological polar surface area (TPSA) is 105 Å². The Morgan fingerprint density at radius 1 is 1.16 bits per heavy atom. The van der Waals surface area contributed by atoms with Gasteiger partial charge >= 0.3 is 5.97 Å². The van der Waals surface area contributed by atoms with Crippen molar-refractivity contribution in [1.82, 2.24) is 9.62 Å². The minimum absolute atomic E-state index is 0.0438. The van der Waals surface area contributed by atoms with Gasteiger partial charge in [-0.05, 0) is 43.7 Å². The summed E-state index contributed by atoms with van der Waals surface area (Å²) in [4.78, 5) is 30.5. The Hall–Kier alpha value is -3.27. The van der Waals surface area contributed by atoms with Crippen LogP contribution in [-0.4, -0.2) is 50.2 Å². The number of amidine groups is 1. The van der Waals surface area contributed by atoms with Crippen molar-refractivity contribution >= 4 is 27.7 Å². The van der Waals surface area contributed by atoms with Gasteiger partial charge in [-0.2, -0.15) is 0 Å². The lowest BCUT2D eigenvalue weighted by atomic mass is 10.2. The zero-order valence-electron chi connectivity index (χ0n) is 17.2. The monoisotopic (exact) mass is 447 g/mol. The van der Waals surface area contributed by atoms with Crippen molar-refractivity contribution < 1.29 is 27.1 Å². The summed E-state index contributed by atoms with van der Waals surface area (Å²) in [6.45, 7) is 3.02. The largest absolute Gasteiger partial charge is 0.451 e. The Bertz CT molecular complexity index is 1150. The number of esters is 1. The minimum atomic E-state index is -3.73. The van der Waals surface area contributed by atoms with Crippen molar-refractivity contribution in [3.05, 3.63) is 65.5 Å². The lowest BCUT2D eigenvalue weighted by Gasteiger charge is -2.22. The molecular formula is C21H22FN3O5S. The number of halogens is 1. The minimum Gasteiger partial charge on any atom is -0.451 e. The Kier molecular flexibility index (Phi) is 6.40. The van der Waals surface area contributed by atoms with Gasteiger partial charge < -0.3 is 9.64 Å². The molecule has 0 aliphatic carbocycles. The van der Waals surface area contributed by atoms with Gasteiger partial charge in [0, 0.05) is 19.2 Å². The van der Waals surface area contributed by atoms with Gasteiger partial charge in [-0.1, -0.05) is 24.3 Å². The summed E-state index contributed by atoms with van der Waals surface area (Å²) < 4.78 is 45.1. The number of carbonyl (C=O) groups excluding carboxylic acids is 2. The molecular weight excluding hydrogens is 425 g/mol. The van der Waals surface area contributed by atoms with E-state index in [0.29, 0.717) is 11.1 Å². The zero-order chi connectivity index (χ0) is 22.8. The number of amides is 1. The van der Waals surface area contributed by atoms with E-state index >= 15 is 0 Å². The van der Waals surface area contributed by atoms with Crippen molar-refractivity contribution in [3.8, 4) is 0 Å². The smallest absolute Gasteiger partial charge is 0.331 e. The predicted molar refractivity (Wildman–Crippen MR) is 111 cm³/mol. The summed E-state index contributed by atoms with van der Waals surface area (Å²) >= 11 is 0. The molecule has 0 saturated heterocycles. The van der Waals surface area contributed by atoms with Crippen LogP contribution in [0, 0.1) is 5.82 Å². The lowest BCUT2D eigenvalue weighted by molar-refractivity contribution is -0.159. The number of sulfonamides is 1. The molecule has 164 valence electrons. The first-order valence-corrected chi connectivity index (χ1v) is 11.0. The molecule has 1 aliphatic rings. The number of rotatable bonds is 6. The van der Waals surface area contributed by atoms with Gasteiger partial charge in [0.15, 0.2) is 6.10 Å². The second-order valence-corrected chi connectivity index (χ2v) is 8.81. The van der Waals surface area contributed by atoms with Crippen LogP contribution < -0.4 is 4.72 Å². The fourth-order valence-electron chi connectivity index (χ4n) is 3.10. The van der Waals surface area contributed by atoms with Crippen LogP contribution in [0.25, 0.3) is 0 Å². The number of aliphatic imine (C=N–C) groups is 1. The second kappa shape index (κ2) is 8.84. The van der Waals surface area contributed by atoms with Crippen molar-refractivity contribution in [1.29, 1.82) is 0 Å². The fraction of sp³-hybridized carbons (Fsp3) is 0.286. The molecule has 10 heteroatoms. The molecule has 0 aromatic heterocycles. The summed E-state index contributed by atoms with van der Waals surface area (Å²) in [6, 6.07) is 11.1. The fourth-order valence-corrected chi connectivity index (χ4v) is 4.34. The summed E-state index contributed by atoms with van der Waals surface area (Å²) in [5.41, 5.74) is 0.961. The molecule has 31 heavy (non-hydrogen) atoms. The quantitative estimate of drug-likeness (QED) is 0.681. The molecule has 0 spiro atoms. The molecule has 0 saturated carbocycles. The van der Waals surface area contributed by atoms with E-state index in [1.54, 1.807) is 30.3 Å². The van der Waals surface area contributed by atoms with Gasteiger partial charge in [0.2, 0.25) is 0 Å². The van der Waals surface area contributed by atoms with Gasteiger partial charge in [-0.25, -0.2) is 17.6 Å². The number of benzene rings is 2. The average Bonchev–Trinajstić information content (AvgIpc) is 2.97. The van der Waals surface area contributed by atoms with E-state index in [-0.39, 0.29) is 17.3 Å². The number of likely N-dealkylation sites (N-methyl/N-ethyl adjacent to an activating group) is 1. The van der Waals surface area contributed by atoms with Crippen molar-refractivity contribution in [2.45, 2.75) is 37.4 Å². The second-order valence-electron chi connectivity index (χ2n) is 7.16. The van der Waals surface area contributed by atoms with Crippen molar-refractivity contribution in [2.75, 3.05) is 7.05 Å². The van der Waals surface area contributed by atoms with E-state index in [0.717, 1.165) is 0 Å². The van der Waals surface area contributed by atoms with Gasteiger partial charge in [0.1, 0.15) is 17.7 Å². The van der Waals surface area contributed by atoms with Crippen LogP contribution >= 0.6 is 0 Å². The van der Waals surface area contributed by atoms with Gasteiger partial charge in [0.05, 0.1) is 4.90 Å². The Morgan fingerprint density at radius 2 is 1.87 bits per heavy atom. The number of nitrogens with zero attached hydrogens (tertiary/aromatic N) is 2. The Labute approximate surface area is 179 Å². The lowest BCUT2D eigenvalue weighted by Crippen LogP contribution is -2.38.